The van der Waals surface area contributed by atoms with Gasteiger partial charge in [-0.25, -0.2) is 0 Å². The highest BCUT2D eigenvalue weighted by Crippen LogP contribution is 2.34. The number of carbonyl (C=O) groups is 2. The van der Waals surface area contributed by atoms with Gasteiger partial charge in [0.15, 0.2) is 11.6 Å². The van der Waals surface area contributed by atoms with Crippen molar-refractivity contribution in [1.82, 2.24) is 0 Å². The first-order valence-corrected chi connectivity index (χ1v) is 6.47. The summed E-state index contributed by atoms with van der Waals surface area (Å²) >= 11 is 0. The monoisotopic (exact) mass is 257 g/mol. The van der Waals surface area contributed by atoms with Crippen molar-refractivity contribution < 1.29 is 9.59 Å². The predicted octanol–water partition coefficient (Wildman–Crippen LogP) is 3.57. The van der Waals surface area contributed by atoms with Gasteiger partial charge in [0.05, 0.1) is 0 Å². The average molecular weight is 257 g/mol. The fraction of sp³-hybridized carbons (Fsp3) is 0.375. The maximum atomic E-state index is 11.7. The van der Waals surface area contributed by atoms with E-state index in [2.05, 4.69) is 19.2 Å². The molecule has 0 radical (unpaired) electrons. The minimum absolute atomic E-state index is 0.00759. The van der Waals surface area contributed by atoms with Crippen LogP contribution >= 0.6 is 0 Å². The number of hydrogen-bond acceptors (Lipinski definition) is 3. The van der Waals surface area contributed by atoms with E-state index in [9.17, 15) is 9.59 Å². The molecule has 0 aromatic heterocycles. The number of Topliss-reactive ketones (excluding diaryl/α,β-unsaturated/α-hetero) is 1. The molecule has 0 saturated carbocycles. The third-order valence-electron chi connectivity index (χ3n) is 3.23. The molecule has 0 bridgehead atoms. The van der Waals surface area contributed by atoms with E-state index in [1.54, 1.807) is 19.1 Å². The van der Waals surface area contributed by atoms with Crippen LogP contribution in [0.4, 0.5) is 5.69 Å². The van der Waals surface area contributed by atoms with Crippen LogP contribution in [0.5, 0.6) is 0 Å². The third-order valence-corrected chi connectivity index (χ3v) is 3.23. The Morgan fingerprint density at radius 1 is 1.26 bits per heavy atom. The molecule has 1 N–H and O–H groups in total. The summed E-state index contributed by atoms with van der Waals surface area (Å²) in [6, 6.07) is 7.35. The minimum Gasteiger partial charge on any atom is -0.359 e. The quantitative estimate of drug-likeness (QED) is 0.842. The zero-order valence-corrected chi connectivity index (χ0v) is 11.6. The molecule has 3 nitrogen and oxygen atoms in total. The van der Waals surface area contributed by atoms with Gasteiger partial charge in [0.25, 0.3) is 0 Å². The first-order valence-electron chi connectivity index (χ1n) is 6.47. The molecule has 0 heterocycles. The van der Waals surface area contributed by atoms with Crippen molar-refractivity contribution in [1.29, 1.82) is 0 Å². The lowest BCUT2D eigenvalue weighted by Gasteiger charge is -2.29. The number of rotatable bonds is 3. The van der Waals surface area contributed by atoms with E-state index < -0.39 is 0 Å². The third kappa shape index (κ3) is 3.53. The SMILES string of the molecule is CC(=O)c1cccc(NC2=CC(=O)CC(C)(C)C2)c1. The molecule has 1 aromatic carbocycles. The molecule has 0 saturated heterocycles. The Hall–Kier alpha value is -1.90. The zero-order valence-electron chi connectivity index (χ0n) is 11.6. The van der Waals surface area contributed by atoms with Crippen molar-refractivity contribution >= 4 is 17.3 Å². The van der Waals surface area contributed by atoms with Gasteiger partial charge >= 0.3 is 0 Å². The molecular weight excluding hydrogens is 238 g/mol. The van der Waals surface area contributed by atoms with Crippen molar-refractivity contribution in [2.45, 2.75) is 33.6 Å². The van der Waals surface area contributed by atoms with Gasteiger partial charge in [0, 0.05) is 29.4 Å². The molecule has 1 aromatic rings. The van der Waals surface area contributed by atoms with Gasteiger partial charge in [-0.15, -0.1) is 0 Å². The van der Waals surface area contributed by atoms with Gasteiger partial charge < -0.3 is 5.32 Å². The summed E-state index contributed by atoms with van der Waals surface area (Å²) < 4.78 is 0. The van der Waals surface area contributed by atoms with Crippen LogP contribution in [0.15, 0.2) is 36.0 Å². The molecule has 0 fully saturated rings. The largest absolute Gasteiger partial charge is 0.359 e. The lowest BCUT2D eigenvalue weighted by atomic mass is 9.79. The number of ketones is 2. The lowest BCUT2D eigenvalue weighted by Crippen LogP contribution is -2.24. The zero-order chi connectivity index (χ0) is 14.0. The number of anilines is 1. The molecule has 1 aliphatic carbocycles. The van der Waals surface area contributed by atoms with E-state index in [-0.39, 0.29) is 17.0 Å². The second kappa shape index (κ2) is 5.00. The van der Waals surface area contributed by atoms with E-state index in [1.165, 1.54) is 0 Å². The first-order chi connectivity index (χ1) is 8.85. The second-order valence-electron chi connectivity index (χ2n) is 5.92. The van der Waals surface area contributed by atoms with Crippen LogP contribution < -0.4 is 5.32 Å². The molecule has 0 amide bonds. The predicted molar refractivity (Wildman–Crippen MR) is 76.2 cm³/mol. The van der Waals surface area contributed by atoms with Gasteiger partial charge in [-0.05, 0) is 30.9 Å². The van der Waals surface area contributed by atoms with Crippen LogP contribution in [0.3, 0.4) is 0 Å². The normalized spacial score (nSPS) is 17.8. The minimum atomic E-state index is -0.00759. The topological polar surface area (TPSA) is 46.2 Å². The van der Waals surface area contributed by atoms with Crippen LogP contribution in [0, 0.1) is 5.41 Å². The Kier molecular flexibility index (Phi) is 3.56. The molecule has 0 spiro atoms. The molecule has 2 rings (SSSR count). The fourth-order valence-corrected chi connectivity index (χ4v) is 2.43. The van der Waals surface area contributed by atoms with E-state index in [1.807, 2.05) is 18.2 Å². The van der Waals surface area contributed by atoms with Crippen molar-refractivity contribution in [3.05, 3.63) is 41.6 Å². The molecule has 19 heavy (non-hydrogen) atoms. The smallest absolute Gasteiger partial charge is 0.159 e. The van der Waals surface area contributed by atoms with Gasteiger partial charge in [-0.3, -0.25) is 9.59 Å². The molecule has 0 unspecified atom stereocenters. The van der Waals surface area contributed by atoms with Crippen molar-refractivity contribution in [3.8, 4) is 0 Å². The Morgan fingerprint density at radius 2 is 2.00 bits per heavy atom. The highest BCUT2D eigenvalue weighted by molar-refractivity contribution is 5.95. The van der Waals surface area contributed by atoms with Gasteiger partial charge in [0.1, 0.15) is 0 Å². The summed E-state index contributed by atoms with van der Waals surface area (Å²) in [7, 11) is 0. The van der Waals surface area contributed by atoms with Crippen molar-refractivity contribution in [3.63, 3.8) is 0 Å². The summed E-state index contributed by atoms with van der Waals surface area (Å²) in [5.41, 5.74) is 2.44. The standard InChI is InChI=1S/C16H19NO2/c1-11(18)12-5-4-6-13(7-12)17-14-8-15(19)10-16(2,3)9-14/h4-8,17H,9-10H2,1-3H3. The van der Waals surface area contributed by atoms with Gasteiger partial charge in [0.2, 0.25) is 0 Å². The second-order valence-corrected chi connectivity index (χ2v) is 5.92. The van der Waals surface area contributed by atoms with Crippen LogP contribution in [0.25, 0.3) is 0 Å². The van der Waals surface area contributed by atoms with Crippen molar-refractivity contribution in [2.75, 3.05) is 5.32 Å². The van der Waals surface area contributed by atoms with E-state index in [0.29, 0.717) is 12.0 Å². The molecule has 3 heteroatoms. The number of carbonyl (C=O) groups excluding carboxylic acids is 2. The molecular formula is C16H19NO2. The number of benzene rings is 1. The Morgan fingerprint density at radius 3 is 2.63 bits per heavy atom. The summed E-state index contributed by atoms with van der Waals surface area (Å²) in [6.07, 6.45) is 3.10. The Labute approximate surface area is 113 Å². The summed E-state index contributed by atoms with van der Waals surface area (Å²) in [4.78, 5) is 23.0. The Balaban J connectivity index is 2.19. The molecule has 1 aliphatic rings. The number of allylic oxidation sites excluding steroid dienone is 2. The van der Waals surface area contributed by atoms with E-state index in [4.69, 9.17) is 0 Å². The molecule has 100 valence electrons. The first kappa shape index (κ1) is 13.5. The average Bonchev–Trinajstić information content (AvgIpc) is 2.26. The van der Waals surface area contributed by atoms with Gasteiger partial charge in [-0.2, -0.15) is 0 Å². The fourth-order valence-electron chi connectivity index (χ4n) is 2.43. The maximum Gasteiger partial charge on any atom is 0.159 e. The van der Waals surface area contributed by atoms with Crippen LogP contribution in [0.1, 0.15) is 44.0 Å². The van der Waals surface area contributed by atoms with E-state index in [0.717, 1.165) is 17.8 Å². The summed E-state index contributed by atoms with van der Waals surface area (Å²) in [6.45, 7) is 5.72. The highest BCUT2D eigenvalue weighted by atomic mass is 16.1. The molecule has 0 atom stereocenters. The summed E-state index contributed by atoms with van der Waals surface area (Å²) in [5.74, 6) is 0.194. The Bertz CT molecular complexity index is 556. The maximum absolute atomic E-state index is 11.7. The number of nitrogens with one attached hydrogen (secondary N) is 1. The summed E-state index contributed by atoms with van der Waals surface area (Å²) in [5, 5.41) is 3.25. The van der Waals surface area contributed by atoms with Gasteiger partial charge in [-0.1, -0.05) is 26.0 Å². The van der Waals surface area contributed by atoms with Crippen LogP contribution in [-0.4, -0.2) is 11.6 Å². The highest BCUT2D eigenvalue weighted by Gasteiger charge is 2.27. The van der Waals surface area contributed by atoms with Crippen LogP contribution in [0.2, 0.25) is 0 Å². The lowest BCUT2D eigenvalue weighted by molar-refractivity contribution is -0.117. The van der Waals surface area contributed by atoms with Crippen LogP contribution in [-0.2, 0) is 4.79 Å². The molecule has 0 aliphatic heterocycles. The van der Waals surface area contributed by atoms with Crippen molar-refractivity contribution in [2.24, 2.45) is 5.41 Å². The van der Waals surface area contributed by atoms with E-state index >= 15 is 0 Å². The number of hydrogen-bond donors (Lipinski definition) is 1.